The zero-order valence-corrected chi connectivity index (χ0v) is 8.66. The Morgan fingerprint density at radius 2 is 2.29 bits per heavy atom. The molecular formula is C8H18N4O2. The van der Waals surface area contributed by atoms with Crippen molar-refractivity contribution in [3.05, 3.63) is 0 Å². The highest BCUT2D eigenvalue weighted by Gasteiger charge is 2.03. The molecule has 6 heteroatoms. The predicted octanol–water partition coefficient (Wildman–Crippen LogP) is 0.174. The maximum Gasteiger partial charge on any atom is 0.317 e. The molecule has 0 aromatic heterocycles. The molecule has 2 amide bonds. The van der Waals surface area contributed by atoms with E-state index in [1.165, 1.54) is 0 Å². The lowest BCUT2D eigenvalue weighted by molar-refractivity contribution is 0.211. The summed E-state index contributed by atoms with van der Waals surface area (Å²) in [5, 5.41) is 13.8. The van der Waals surface area contributed by atoms with Crippen LogP contribution in [0.4, 0.5) is 4.79 Å². The molecule has 0 rings (SSSR count). The van der Waals surface area contributed by atoms with E-state index >= 15 is 0 Å². The molecule has 4 N–H and O–H groups in total. The number of oxime groups is 1. The predicted molar refractivity (Wildman–Crippen MR) is 54.3 cm³/mol. The minimum Gasteiger partial charge on any atom is -0.409 e. The summed E-state index contributed by atoms with van der Waals surface area (Å²) in [6.45, 7) is 3.10. The smallest absolute Gasteiger partial charge is 0.317 e. The van der Waals surface area contributed by atoms with Gasteiger partial charge in [0.05, 0.1) is 0 Å². The molecule has 82 valence electrons. The molecule has 0 aromatic carbocycles. The summed E-state index contributed by atoms with van der Waals surface area (Å²) in [4.78, 5) is 12.8. The van der Waals surface area contributed by atoms with Gasteiger partial charge in [0.15, 0.2) is 0 Å². The van der Waals surface area contributed by atoms with Crippen LogP contribution < -0.4 is 11.1 Å². The number of nitrogens with one attached hydrogen (secondary N) is 1. The van der Waals surface area contributed by atoms with Crippen molar-refractivity contribution in [3.8, 4) is 0 Å². The highest BCUT2D eigenvalue weighted by atomic mass is 16.4. The molecule has 0 aliphatic rings. The molecule has 14 heavy (non-hydrogen) atoms. The molecule has 0 saturated carbocycles. The van der Waals surface area contributed by atoms with E-state index in [9.17, 15) is 4.79 Å². The number of amides is 2. The lowest BCUT2D eigenvalue weighted by atomic mass is 10.3. The van der Waals surface area contributed by atoms with E-state index in [2.05, 4.69) is 10.5 Å². The summed E-state index contributed by atoms with van der Waals surface area (Å²) in [7, 11) is 1.72. The van der Waals surface area contributed by atoms with Gasteiger partial charge < -0.3 is 21.2 Å². The molecule has 0 bridgehead atoms. The second-order valence-electron chi connectivity index (χ2n) is 2.94. The van der Waals surface area contributed by atoms with Gasteiger partial charge in [-0.2, -0.15) is 0 Å². The van der Waals surface area contributed by atoms with Gasteiger partial charge in [-0.25, -0.2) is 4.79 Å². The Labute approximate surface area is 83.7 Å². The monoisotopic (exact) mass is 202 g/mol. The number of urea groups is 1. The van der Waals surface area contributed by atoms with Gasteiger partial charge in [0.2, 0.25) is 0 Å². The normalized spacial score (nSPS) is 11.1. The first-order chi connectivity index (χ1) is 6.61. The third-order valence-electron chi connectivity index (χ3n) is 1.84. The molecule has 0 aromatic rings. The maximum atomic E-state index is 11.2. The average Bonchev–Trinajstić information content (AvgIpc) is 2.22. The lowest BCUT2D eigenvalue weighted by Crippen LogP contribution is -2.37. The van der Waals surface area contributed by atoms with E-state index in [0.29, 0.717) is 25.9 Å². The molecular weight excluding hydrogens is 184 g/mol. The van der Waals surface area contributed by atoms with Gasteiger partial charge in [0.1, 0.15) is 5.84 Å². The minimum absolute atomic E-state index is 0.105. The first-order valence-corrected chi connectivity index (χ1v) is 4.57. The van der Waals surface area contributed by atoms with Gasteiger partial charge in [-0.15, -0.1) is 0 Å². The first-order valence-electron chi connectivity index (χ1n) is 4.57. The van der Waals surface area contributed by atoms with Gasteiger partial charge in [-0.1, -0.05) is 5.16 Å². The molecule has 0 aliphatic heterocycles. The molecule has 6 nitrogen and oxygen atoms in total. The minimum atomic E-state index is -0.105. The second-order valence-corrected chi connectivity index (χ2v) is 2.94. The van der Waals surface area contributed by atoms with Crippen molar-refractivity contribution >= 4 is 11.9 Å². The summed E-state index contributed by atoms with van der Waals surface area (Å²) in [6, 6.07) is -0.105. The van der Waals surface area contributed by atoms with E-state index in [0.717, 1.165) is 0 Å². The second kappa shape index (κ2) is 6.99. The SMILES string of the molecule is CCN(C)C(=O)NCCCC(N)=NO. The van der Waals surface area contributed by atoms with Crippen molar-refractivity contribution in [2.24, 2.45) is 10.9 Å². The van der Waals surface area contributed by atoms with Crippen LogP contribution in [0.15, 0.2) is 5.16 Å². The Kier molecular flexibility index (Phi) is 6.26. The van der Waals surface area contributed by atoms with Crippen molar-refractivity contribution in [2.45, 2.75) is 19.8 Å². The van der Waals surface area contributed by atoms with Crippen LogP contribution in [0.3, 0.4) is 0 Å². The Bertz CT molecular complexity index is 206. The largest absolute Gasteiger partial charge is 0.409 e. The number of hydrogen-bond donors (Lipinski definition) is 3. The standard InChI is InChI=1S/C8H18N4O2/c1-3-12(2)8(13)10-6-4-5-7(9)11-14/h14H,3-6H2,1-2H3,(H2,9,11)(H,10,13). The van der Waals surface area contributed by atoms with Gasteiger partial charge in [-0.3, -0.25) is 0 Å². The Morgan fingerprint density at radius 1 is 1.64 bits per heavy atom. The van der Waals surface area contributed by atoms with Crippen LogP contribution in [0.5, 0.6) is 0 Å². The van der Waals surface area contributed by atoms with Crippen LogP contribution >= 0.6 is 0 Å². The highest BCUT2D eigenvalue weighted by Crippen LogP contribution is 1.88. The van der Waals surface area contributed by atoms with E-state index in [4.69, 9.17) is 10.9 Å². The van der Waals surface area contributed by atoms with Gasteiger partial charge in [0, 0.05) is 26.6 Å². The Hall–Kier alpha value is -1.46. The molecule has 0 saturated heterocycles. The molecule has 0 atom stereocenters. The van der Waals surface area contributed by atoms with Crippen molar-refractivity contribution in [1.29, 1.82) is 0 Å². The summed E-state index contributed by atoms with van der Waals surface area (Å²) >= 11 is 0. The molecule has 0 unspecified atom stereocenters. The number of nitrogens with zero attached hydrogens (tertiary/aromatic N) is 2. The third-order valence-corrected chi connectivity index (χ3v) is 1.84. The van der Waals surface area contributed by atoms with Crippen molar-refractivity contribution in [1.82, 2.24) is 10.2 Å². The number of hydrogen-bond acceptors (Lipinski definition) is 3. The Balaban J connectivity index is 3.50. The zero-order chi connectivity index (χ0) is 11.0. The van der Waals surface area contributed by atoms with Crippen molar-refractivity contribution in [2.75, 3.05) is 20.1 Å². The molecule has 0 fully saturated rings. The quantitative estimate of drug-likeness (QED) is 0.195. The van der Waals surface area contributed by atoms with E-state index in [1.807, 2.05) is 6.92 Å². The fourth-order valence-corrected chi connectivity index (χ4v) is 0.793. The highest BCUT2D eigenvalue weighted by molar-refractivity contribution is 5.79. The van der Waals surface area contributed by atoms with E-state index in [-0.39, 0.29) is 11.9 Å². The summed E-state index contributed by atoms with van der Waals surface area (Å²) in [6.07, 6.45) is 1.14. The maximum absolute atomic E-state index is 11.2. The number of amidine groups is 1. The number of nitrogens with two attached hydrogens (primary N) is 1. The van der Waals surface area contributed by atoms with Crippen LogP contribution in [0, 0.1) is 0 Å². The van der Waals surface area contributed by atoms with Crippen molar-refractivity contribution < 1.29 is 10.0 Å². The van der Waals surface area contributed by atoms with Gasteiger partial charge >= 0.3 is 6.03 Å². The summed E-state index contributed by atoms with van der Waals surface area (Å²) < 4.78 is 0. The van der Waals surface area contributed by atoms with Gasteiger partial charge in [-0.05, 0) is 13.3 Å². The van der Waals surface area contributed by atoms with E-state index < -0.39 is 0 Å². The van der Waals surface area contributed by atoms with Crippen LogP contribution in [-0.2, 0) is 0 Å². The van der Waals surface area contributed by atoms with Crippen LogP contribution in [0.1, 0.15) is 19.8 Å². The molecule has 0 aliphatic carbocycles. The first kappa shape index (κ1) is 12.5. The number of carbonyl (C=O) groups is 1. The molecule has 0 spiro atoms. The summed E-state index contributed by atoms with van der Waals surface area (Å²) in [5.41, 5.74) is 5.25. The Morgan fingerprint density at radius 3 is 2.79 bits per heavy atom. The van der Waals surface area contributed by atoms with Crippen LogP contribution in [-0.4, -0.2) is 42.1 Å². The topological polar surface area (TPSA) is 91.0 Å². The third kappa shape index (κ3) is 5.23. The summed E-state index contributed by atoms with van der Waals surface area (Å²) in [5.74, 6) is 0.183. The van der Waals surface area contributed by atoms with Crippen LogP contribution in [0.25, 0.3) is 0 Å². The fraction of sp³-hybridized carbons (Fsp3) is 0.750. The van der Waals surface area contributed by atoms with Crippen LogP contribution in [0.2, 0.25) is 0 Å². The van der Waals surface area contributed by atoms with Gasteiger partial charge in [0.25, 0.3) is 0 Å². The fourth-order valence-electron chi connectivity index (χ4n) is 0.793. The average molecular weight is 202 g/mol. The number of carbonyl (C=O) groups excluding carboxylic acids is 1. The number of rotatable bonds is 5. The lowest BCUT2D eigenvalue weighted by Gasteiger charge is -2.15. The molecule has 0 radical (unpaired) electrons. The zero-order valence-electron chi connectivity index (χ0n) is 8.66. The van der Waals surface area contributed by atoms with E-state index in [1.54, 1.807) is 11.9 Å². The molecule has 0 heterocycles. The van der Waals surface area contributed by atoms with Crippen molar-refractivity contribution in [3.63, 3.8) is 0 Å².